The summed E-state index contributed by atoms with van der Waals surface area (Å²) in [5, 5.41) is 35.6. The number of hydrogen-bond donors (Lipinski definition) is 11. The van der Waals surface area contributed by atoms with Crippen LogP contribution in [-0.2, 0) is 53.6 Å². The van der Waals surface area contributed by atoms with E-state index in [1.54, 1.807) is 48.7 Å². The van der Waals surface area contributed by atoms with Crippen molar-refractivity contribution in [3.8, 4) is 16.9 Å². The number of amides is 5. The molecule has 1 saturated carbocycles. The van der Waals surface area contributed by atoms with Gasteiger partial charge in [-0.2, -0.15) is 8.42 Å². The largest absolute Gasteiger partial charge is 0.508 e. The highest BCUT2D eigenvalue weighted by atomic mass is 32.3. The molecule has 2 fully saturated rings. The molecule has 6 aromatic rings. The van der Waals surface area contributed by atoms with E-state index < -0.39 is 64.4 Å². The molecule has 0 bridgehead atoms. The molecule has 8 rings (SSSR count). The van der Waals surface area contributed by atoms with Crippen molar-refractivity contribution < 1.29 is 41.4 Å². The average molecular weight is 1130 g/mol. The summed E-state index contributed by atoms with van der Waals surface area (Å²) in [6.07, 6.45) is 5.32. The van der Waals surface area contributed by atoms with Crippen molar-refractivity contribution >= 4 is 68.0 Å². The number of anilines is 2. The first kappa shape index (κ1) is 58.8. The molecule has 5 unspecified atom stereocenters. The van der Waals surface area contributed by atoms with Crippen LogP contribution in [0.15, 0.2) is 132 Å². The number of nitrogens with two attached hydrogens (primary N) is 2. The molecule has 5 aromatic carbocycles. The first-order valence-electron chi connectivity index (χ1n) is 27.3. The number of benzene rings is 5. The summed E-state index contributed by atoms with van der Waals surface area (Å²) in [5.41, 5.74) is 18.1. The second-order valence-corrected chi connectivity index (χ2v) is 22.2. The average Bonchev–Trinajstić information content (AvgIpc) is 4.05. The SMILES string of the molecule is N=C(N)NCCCCC(NC(=O)C(Cc1ccc(-c2ccccc2)cc1)NC(=O)C(Cc1c[nH]c2ccc(O)cc12)NC(=O)C1CCCC(N)C1)C(=O)NCC(=O)Nc1ccc(N2CCN(Cc3ccc(S(=O)(=O)F)cc3)CC2)cc1. The van der Waals surface area contributed by atoms with Crippen LogP contribution < -0.4 is 48.3 Å². The zero-order valence-corrected chi connectivity index (χ0v) is 45.8. The predicted molar refractivity (Wildman–Crippen MR) is 309 cm³/mol. The van der Waals surface area contributed by atoms with Gasteiger partial charge in [-0.05, 0) is 121 Å². The lowest BCUT2D eigenvalue weighted by Gasteiger charge is -2.36. The Balaban J connectivity index is 0.942. The van der Waals surface area contributed by atoms with Crippen molar-refractivity contribution in [1.29, 1.82) is 5.41 Å². The van der Waals surface area contributed by atoms with E-state index in [0.29, 0.717) is 79.6 Å². The van der Waals surface area contributed by atoms with E-state index in [4.69, 9.17) is 16.9 Å². The number of fused-ring (bicyclic) bond motifs is 1. The molecule has 1 saturated heterocycles. The minimum absolute atomic E-state index is 0.00426. The number of H-pyrrole nitrogens is 1. The minimum Gasteiger partial charge on any atom is -0.508 e. The lowest BCUT2D eigenvalue weighted by Crippen LogP contribution is -2.58. The zero-order valence-electron chi connectivity index (χ0n) is 45.0. The molecule has 428 valence electrons. The van der Waals surface area contributed by atoms with Crippen molar-refractivity contribution in [1.82, 2.24) is 36.5 Å². The van der Waals surface area contributed by atoms with Gasteiger partial charge in [0.15, 0.2) is 5.96 Å². The standard InChI is InChI=1S/C59H71FN12O8S/c60-81(79,80)48-23-14-39(15-24-48)37-71-27-29-72(30-28-71)46-20-18-45(19-21-46)67-54(74)36-66-56(76)51(11-4-5-26-64-59(62)63)68-57(77)52(31-38-12-16-41(17-13-38)40-7-2-1-3-8-40)70-58(78)53(69-55(75)42-9-6-10-44(61)32-42)33-43-35-65-50-25-22-47(73)34-49(43)50/h1-3,7-8,12-25,34-35,42,44,51-53,65,73H,4-6,9-11,26-33,36-37,61H2,(H,66,76)(H,67,74)(H,68,77)(H,69,75)(H,70,78)(H4,62,63,64). The fourth-order valence-corrected chi connectivity index (χ4v) is 10.8. The Labute approximate surface area is 470 Å². The third-order valence-electron chi connectivity index (χ3n) is 14.8. The Morgan fingerprint density at radius 1 is 0.741 bits per heavy atom. The molecule has 1 aromatic heterocycles. The highest BCUT2D eigenvalue weighted by Gasteiger charge is 2.33. The molecular formula is C59H71FN12O8S. The number of carbonyl (C=O) groups is 5. The van der Waals surface area contributed by atoms with E-state index in [9.17, 15) is 41.4 Å². The van der Waals surface area contributed by atoms with Gasteiger partial charge in [-0.1, -0.05) is 73.2 Å². The molecule has 20 nitrogen and oxygen atoms in total. The summed E-state index contributed by atoms with van der Waals surface area (Å²) in [5.74, 6) is -3.46. The van der Waals surface area contributed by atoms with E-state index in [2.05, 4.69) is 46.7 Å². The number of phenols is 1. The van der Waals surface area contributed by atoms with E-state index in [1.165, 1.54) is 12.1 Å². The maximum Gasteiger partial charge on any atom is 0.332 e. The normalized spacial score (nSPS) is 16.8. The van der Waals surface area contributed by atoms with Crippen LogP contribution in [0.3, 0.4) is 0 Å². The lowest BCUT2D eigenvalue weighted by molar-refractivity contribution is -0.134. The Morgan fingerprint density at radius 2 is 1.41 bits per heavy atom. The van der Waals surface area contributed by atoms with Gasteiger partial charge in [0.05, 0.1) is 11.4 Å². The van der Waals surface area contributed by atoms with Gasteiger partial charge < -0.3 is 58.4 Å². The highest BCUT2D eigenvalue weighted by Crippen LogP contribution is 2.27. The smallest absolute Gasteiger partial charge is 0.332 e. The number of aromatic nitrogens is 1. The van der Waals surface area contributed by atoms with Crippen molar-refractivity contribution in [2.75, 3.05) is 49.5 Å². The van der Waals surface area contributed by atoms with Gasteiger partial charge >= 0.3 is 10.2 Å². The number of guanidine groups is 1. The zero-order chi connectivity index (χ0) is 57.5. The van der Waals surface area contributed by atoms with Crippen LogP contribution in [0.25, 0.3) is 22.0 Å². The number of aromatic amines is 1. The second kappa shape index (κ2) is 27.7. The van der Waals surface area contributed by atoms with Crippen LogP contribution in [0.5, 0.6) is 5.75 Å². The number of nitrogens with one attached hydrogen (secondary N) is 8. The summed E-state index contributed by atoms with van der Waals surface area (Å²) in [6.45, 7) is 3.36. The van der Waals surface area contributed by atoms with E-state index in [0.717, 1.165) is 48.3 Å². The lowest BCUT2D eigenvalue weighted by atomic mass is 9.85. The monoisotopic (exact) mass is 1130 g/mol. The molecule has 1 aliphatic carbocycles. The maximum absolute atomic E-state index is 14.8. The summed E-state index contributed by atoms with van der Waals surface area (Å²) < 4.78 is 35.8. The van der Waals surface area contributed by atoms with Crippen molar-refractivity contribution in [3.05, 3.63) is 144 Å². The molecule has 0 radical (unpaired) electrons. The number of hydrogen-bond acceptors (Lipinski definition) is 12. The third kappa shape index (κ3) is 17.1. The van der Waals surface area contributed by atoms with Gasteiger partial charge in [0, 0.05) is 92.5 Å². The Hall–Kier alpha value is -8.34. The van der Waals surface area contributed by atoms with Gasteiger partial charge in [0.1, 0.15) is 23.9 Å². The van der Waals surface area contributed by atoms with Crippen LogP contribution >= 0.6 is 0 Å². The van der Waals surface area contributed by atoms with E-state index >= 15 is 0 Å². The third-order valence-corrected chi connectivity index (χ3v) is 15.7. The van der Waals surface area contributed by atoms with Crippen molar-refractivity contribution in [2.45, 2.75) is 93.4 Å². The first-order chi connectivity index (χ1) is 38.9. The van der Waals surface area contributed by atoms with Gasteiger partial charge in [-0.15, -0.1) is 3.89 Å². The molecule has 5 atom stereocenters. The molecule has 1 aliphatic heterocycles. The molecule has 13 N–H and O–H groups in total. The summed E-state index contributed by atoms with van der Waals surface area (Å²) in [4.78, 5) is 78.1. The van der Waals surface area contributed by atoms with E-state index in [1.807, 2.05) is 66.7 Å². The summed E-state index contributed by atoms with van der Waals surface area (Å²) in [6, 6.07) is 31.4. The molecule has 81 heavy (non-hydrogen) atoms. The fourth-order valence-electron chi connectivity index (χ4n) is 10.4. The number of aromatic hydroxyl groups is 1. The van der Waals surface area contributed by atoms with Crippen LogP contribution in [-0.4, -0.2) is 122 Å². The number of nitrogens with zero attached hydrogens (tertiary/aromatic N) is 2. The van der Waals surface area contributed by atoms with Gasteiger partial charge in [-0.3, -0.25) is 34.3 Å². The van der Waals surface area contributed by atoms with Crippen molar-refractivity contribution in [2.24, 2.45) is 17.4 Å². The minimum atomic E-state index is -4.76. The Bertz CT molecular complexity index is 3250. The van der Waals surface area contributed by atoms with Gasteiger partial charge in [-0.25, -0.2) is 0 Å². The maximum atomic E-state index is 14.8. The van der Waals surface area contributed by atoms with Crippen LogP contribution in [0.2, 0.25) is 0 Å². The fraction of sp³-hybridized carbons (Fsp3) is 0.356. The van der Waals surface area contributed by atoms with Crippen LogP contribution in [0.1, 0.15) is 61.6 Å². The van der Waals surface area contributed by atoms with Gasteiger partial charge in [0.25, 0.3) is 0 Å². The topological polar surface area (TPSA) is 310 Å². The van der Waals surface area contributed by atoms with E-state index in [-0.39, 0.29) is 47.8 Å². The van der Waals surface area contributed by atoms with Crippen molar-refractivity contribution in [3.63, 3.8) is 0 Å². The predicted octanol–water partition coefficient (Wildman–Crippen LogP) is 4.69. The number of rotatable bonds is 24. The first-order valence-corrected chi connectivity index (χ1v) is 28.7. The Morgan fingerprint density at radius 3 is 2.09 bits per heavy atom. The number of unbranched alkanes of at least 4 members (excludes halogenated alkanes) is 1. The molecule has 22 heteroatoms. The number of phenolic OH excluding ortho intramolecular Hbond substituents is 1. The number of halogens is 1. The Kier molecular flexibility index (Phi) is 20.1. The van der Waals surface area contributed by atoms with Crippen LogP contribution in [0.4, 0.5) is 15.3 Å². The summed E-state index contributed by atoms with van der Waals surface area (Å²) >= 11 is 0. The van der Waals surface area contributed by atoms with Crippen LogP contribution in [0, 0.1) is 11.3 Å². The molecule has 5 amide bonds. The summed E-state index contributed by atoms with van der Waals surface area (Å²) in [7, 11) is -4.76. The molecular weight excluding hydrogens is 1060 g/mol. The molecule has 2 aliphatic rings. The number of carbonyl (C=O) groups excluding carboxylic acids is 5. The second-order valence-electron chi connectivity index (χ2n) is 20.8. The van der Waals surface area contributed by atoms with Gasteiger partial charge in [0.2, 0.25) is 29.5 Å². The number of piperazine rings is 1. The quantitative estimate of drug-likeness (QED) is 0.0170. The molecule has 2 heterocycles. The highest BCUT2D eigenvalue weighted by molar-refractivity contribution is 7.86. The molecule has 0 spiro atoms.